The summed E-state index contributed by atoms with van der Waals surface area (Å²) in [6, 6.07) is 24.5. The molecule has 3 aromatic rings. The van der Waals surface area contributed by atoms with Crippen molar-refractivity contribution >= 4 is 5.91 Å². The van der Waals surface area contributed by atoms with Gasteiger partial charge in [-0.25, -0.2) is 0 Å². The van der Waals surface area contributed by atoms with Crippen LogP contribution in [-0.2, 0) is 6.42 Å². The average molecular weight is 313 g/mol. The van der Waals surface area contributed by atoms with E-state index in [-0.39, 0.29) is 11.9 Å². The van der Waals surface area contributed by atoms with Crippen LogP contribution in [0.4, 0.5) is 0 Å². The number of carbonyl (C=O) groups excluding carboxylic acids is 1. The van der Waals surface area contributed by atoms with Gasteiger partial charge in [-0.3, -0.25) is 4.79 Å². The van der Waals surface area contributed by atoms with Crippen molar-refractivity contribution in [3.63, 3.8) is 0 Å². The second-order valence-electron chi connectivity index (χ2n) is 6.34. The molecule has 1 amide bonds. The Hall–Kier alpha value is -2.87. The third-order valence-corrected chi connectivity index (χ3v) is 4.69. The summed E-state index contributed by atoms with van der Waals surface area (Å²) in [6.45, 7) is 2.02. The third kappa shape index (κ3) is 2.61. The Labute approximate surface area is 142 Å². The van der Waals surface area contributed by atoms with Gasteiger partial charge in [0, 0.05) is 5.56 Å². The Morgan fingerprint density at radius 1 is 0.875 bits per heavy atom. The maximum Gasteiger partial charge on any atom is 0.251 e. The number of hydrogen-bond acceptors (Lipinski definition) is 1. The SMILES string of the molecule is Cc1ccc(C(=O)NC2Cc3ccccc3-c3ccccc32)cc1. The average Bonchev–Trinajstić information content (AvgIpc) is 2.62. The molecule has 1 aliphatic rings. The van der Waals surface area contributed by atoms with Gasteiger partial charge >= 0.3 is 0 Å². The molecule has 0 fully saturated rings. The maximum atomic E-state index is 12.6. The van der Waals surface area contributed by atoms with Crippen molar-refractivity contribution in [2.45, 2.75) is 19.4 Å². The monoisotopic (exact) mass is 313 g/mol. The van der Waals surface area contributed by atoms with E-state index in [2.05, 4.69) is 47.8 Å². The predicted molar refractivity (Wildman–Crippen MR) is 97.0 cm³/mol. The summed E-state index contributed by atoms with van der Waals surface area (Å²) in [5.74, 6) is -0.0193. The van der Waals surface area contributed by atoms with Crippen molar-refractivity contribution in [3.8, 4) is 11.1 Å². The fourth-order valence-electron chi connectivity index (χ4n) is 3.41. The zero-order valence-electron chi connectivity index (χ0n) is 13.6. The Balaban J connectivity index is 1.67. The summed E-state index contributed by atoms with van der Waals surface area (Å²) in [4.78, 5) is 12.6. The summed E-state index contributed by atoms with van der Waals surface area (Å²) in [6.07, 6.45) is 0.824. The van der Waals surface area contributed by atoms with Crippen LogP contribution in [0.25, 0.3) is 11.1 Å². The molecule has 0 saturated carbocycles. The largest absolute Gasteiger partial charge is 0.345 e. The highest BCUT2D eigenvalue weighted by Gasteiger charge is 2.25. The Kier molecular flexibility index (Phi) is 3.66. The van der Waals surface area contributed by atoms with Gasteiger partial charge in [0.15, 0.2) is 0 Å². The molecule has 4 rings (SSSR count). The molecule has 3 aromatic carbocycles. The third-order valence-electron chi connectivity index (χ3n) is 4.69. The first-order chi connectivity index (χ1) is 11.7. The lowest BCUT2D eigenvalue weighted by atomic mass is 9.82. The first kappa shape index (κ1) is 14.7. The highest BCUT2D eigenvalue weighted by molar-refractivity contribution is 5.94. The molecule has 0 spiro atoms. The quantitative estimate of drug-likeness (QED) is 0.730. The van der Waals surface area contributed by atoms with E-state index in [9.17, 15) is 4.79 Å². The zero-order valence-corrected chi connectivity index (χ0v) is 13.6. The molecule has 118 valence electrons. The van der Waals surface area contributed by atoms with Gasteiger partial charge in [-0.2, -0.15) is 0 Å². The molecule has 2 heteroatoms. The minimum atomic E-state index is -0.0193. The lowest BCUT2D eigenvalue weighted by Gasteiger charge is -2.28. The highest BCUT2D eigenvalue weighted by Crippen LogP contribution is 2.38. The number of aryl methyl sites for hydroxylation is 1. The van der Waals surface area contributed by atoms with Crippen LogP contribution in [0.5, 0.6) is 0 Å². The van der Waals surface area contributed by atoms with Crippen LogP contribution >= 0.6 is 0 Å². The van der Waals surface area contributed by atoms with E-state index >= 15 is 0 Å². The normalized spacial score (nSPS) is 15.3. The molecule has 1 atom stereocenters. The number of carbonyl (C=O) groups is 1. The van der Waals surface area contributed by atoms with Crippen LogP contribution < -0.4 is 5.32 Å². The van der Waals surface area contributed by atoms with Crippen LogP contribution in [-0.4, -0.2) is 5.91 Å². The molecule has 1 N–H and O–H groups in total. The van der Waals surface area contributed by atoms with E-state index in [1.165, 1.54) is 22.3 Å². The van der Waals surface area contributed by atoms with Crippen molar-refractivity contribution in [2.75, 3.05) is 0 Å². The predicted octanol–water partition coefficient (Wildman–Crippen LogP) is 4.69. The molecule has 0 aromatic heterocycles. The maximum absolute atomic E-state index is 12.6. The molecule has 1 aliphatic carbocycles. The second kappa shape index (κ2) is 5.97. The van der Waals surface area contributed by atoms with Crippen molar-refractivity contribution in [3.05, 3.63) is 95.1 Å². The molecule has 24 heavy (non-hydrogen) atoms. The summed E-state index contributed by atoms with van der Waals surface area (Å²) in [5, 5.41) is 3.21. The van der Waals surface area contributed by atoms with Gasteiger partial charge in [-0.1, -0.05) is 66.2 Å². The van der Waals surface area contributed by atoms with Gasteiger partial charge in [0.25, 0.3) is 5.91 Å². The highest BCUT2D eigenvalue weighted by atomic mass is 16.1. The molecule has 0 radical (unpaired) electrons. The van der Waals surface area contributed by atoms with Crippen molar-refractivity contribution in [1.29, 1.82) is 0 Å². The Bertz CT molecular complexity index is 896. The number of amides is 1. The molecular formula is C22H19NO. The molecular weight excluding hydrogens is 294 g/mol. The Morgan fingerprint density at radius 3 is 2.33 bits per heavy atom. The number of fused-ring (bicyclic) bond motifs is 3. The summed E-state index contributed by atoms with van der Waals surface area (Å²) < 4.78 is 0. The van der Waals surface area contributed by atoms with Gasteiger partial charge in [0.2, 0.25) is 0 Å². The molecule has 0 aliphatic heterocycles. The summed E-state index contributed by atoms with van der Waals surface area (Å²) in [5.41, 5.74) is 6.82. The fourth-order valence-corrected chi connectivity index (χ4v) is 3.41. The van der Waals surface area contributed by atoms with Gasteiger partial charge in [0.1, 0.15) is 0 Å². The standard InChI is InChI=1S/C22H19NO/c1-15-10-12-16(13-11-15)22(24)23-21-14-17-6-2-3-7-18(17)19-8-4-5-9-20(19)21/h2-13,21H,14H2,1H3,(H,23,24). The van der Waals surface area contributed by atoms with E-state index in [0.29, 0.717) is 5.56 Å². The number of hydrogen-bond donors (Lipinski definition) is 1. The van der Waals surface area contributed by atoms with E-state index in [1.807, 2.05) is 37.3 Å². The number of nitrogens with one attached hydrogen (secondary N) is 1. The molecule has 1 unspecified atom stereocenters. The minimum Gasteiger partial charge on any atom is -0.345 e. The lowest BCUT2D eigenvalue weighted by molar-refractivity contribution is 0.0936. The number of benzene rings is 3. The van der Waals surface area contributed by atoms with Crippen LogP contribution in [0.15, 0.2) is 72.8 Å². The molecule has 2 nitrogen and oxygen atoms in total. The van der Waals surface area contributed by atoms with E-state index < -0.39 is 0 Å². The first-order valence-corrected chi connectivity index (χ1v) is 8.27. The van der Waals surface area contributed by atoms with E-state index in [0.717, 1.165) is 12.0 Å². The molecule has 0 bridgehead atoms. The van der Waals surface area contributed by atoms with E-state index in [1.54, 1.807) is 0 Å². The zero-order chi connectivity index (χ0) is 16.5. The van der Waals surface area contributed by atoms with Gasteiger partial charge in [-0.05, 0) is 47.7 Å². The van der Waals surface area contributed by atoms with Gasteiger partial charge < -0.3 is 5.32 Å². The van der Waals surface area contributed by atoms with Crippen LogP contribution in [0.3, 0.4) is 0 Å². The Morgan fingerprint density at radius 2 is 1.54 bits per heavy atom. The fraction of sp³-hybridized carbons (Fsp3) is 0.136. The van der Waals surface area contributed by atoms with Crippen molar-refractivity contribution in [1.82, 2.24) is 5.32 Å². The summed E-state index contributed by atoms with van der Waals surface area (Å²) >= 11 is 0. The number of rotatable bonds is 2. The van der Waals surface area contributed by atoms with Crippen LogP contribution in [0.1, 0.15) is 33.1 Å². The van der Waals surface area contributed by atoms with Crippen molar-refractivity contribution < 1.29 is 4.79 Å². The van der Waals surface area contributed by atoms with Crippen LogP contribution in [0.2, 0.25) is 0 Å². The topological polar surface area (TPSA) is 29.1 Å². The minimum absolute atomic E-state index is 0.00454. The van der Waals surface area contributed by atoms with Gasteiger partial charge in [0.05, 0.1) is 6.04 Å². The van der Waals surface area contributed by atoms with E-state index in [4.69, 9.17) is 0 Å². The first-order valence-electron chi connectivity index (χ1n) is 8.27. The lowest BCUT2D eigenvalue weighted by Crippen LogP contribution is -2.31. The second-order valence-corrected chi connectivity index (χ2v) is 6.34. The molecule has 0 saturated heterocycles. The van der Waals surface area contributed by atoms with Gasteiger partial charge in [-0.15, -0.1) is 0 Å². The molecule has 0 heterocycles. The summed E-state index contributed by atoms with van der Waals surface area (Å²) in [7, 11) is 0. The van der Waals surface area contributed by atoms with Crippen LogP contribution in [0, 0.1) is 6.92 Å². The van der Waals surface area contributed by atoms with Crippen molar-refractivity contribution in [2.24, 2.45) is 0 Å². The smallest absolute Gasteiger partial charge is 0.251 e.